The molecule has 5 heteroatoms. The number of anilines is 1. The molecule has 0 spiro atoms. The molecular formula is C14H21N3O2. The van der Waals surface area contributed by atoms with Crippen molar-refractivity contribution in [2.75, 3.05) is 25.5 Å². The van der Waals surface area contributed by atoms with Gasteiger partial charge in [0.2, 0.25) is 11.8 Å². The number of benzene rings is 1. The van der Waals surface area contributed by atoms with Crippen LogP contribution in [-0.2, 0) is 16.0 Å². The van der Waals surface area contributed by atoms with Crippen LogP contribution in [0.25, 0.3) is 0 Å². The summed E-state index contributed by atoms with van der Waals surface area (Å²) in [5.41, 5.74) is 1.66. The highest BCUT2D eigenvalue weighted by Crippen LogP contribution is 2.09. The van der Waals surface area contributed by atoms with E-state index in [1.165, 1.54) is 0 Å². The van der Waals surface area contributed by atoms with Crippen LogP contribution in [0.15, 0.2) is 24.3 Å². The zero-order valence-electron chi connectivity index (χ0n) is 11.5. The summed E-state index contributed by atoms with van der Waals surface area (Å²) in [6.07, 6.45) is 1.35. The van der Waals surface area contributed by atoms with Crippen molar-refractivity contribution in [1.82, 2.24) is 10.6 Å². The minimum Gasteiger partial charge on any atom is -0.359 e. The highest BCUT2D eigenvalue weighted by Gasteiger charge is 2.03. The lowest BCUT2D eigenvalue weighted by Crippen LogP contribution is -2.28. The lowest BCUT2D eigenvalue weighted by atomic mass is 10.1. The van der Waals surface area contributed by atoms with E-state index in [1.807, 2.05) is 12.1 Å². The van der Waals surface area contributed by atoms with E-state index < -0.39 is 0 Å². The number of hydrogen-bond donors (Lipinski definition) is 3. The average molecular weight is 263 g/mol. The van der Waals surface area contributed by atoms with Gasteiger partial charge in [-0.25, -0.2) is 0 Å². The van der Waals surface area contributed by atoms with Crippen molar-refractivity contribution in [3.05, 3.63) is 29.8 Å². The third kappa shape index (κ3) is 6.01. The summed E-state index contributed by atoms with van der Waals surface area (Å²) in [7, 11) is 1.61. The molecule has 104 valence electrons. The summed E-state index contributed by atoms with van der Waals surface area (Å²) < 4.78 is 0. The first kappa shape index (κ1) is 15.2. The van der Waals surface area contributed by atoms with Gasteiger partial charge in [-0.1, -0.05) is 19.1 Å². The van der Waals surface area contributed by atoms with Gasteiger partial charge in [0.15, 0.2) is 0 Å². The third-order valence-electron chi connectivity index (χ3n) is 2.59. The van der Waals surface area contributed by atoms with Crippen molar-refractivity contribution in [1.29, 1.82) is 0 Å². The number of nitrogens with one attached hydrogen (secondary N) is 3. The smallest absolute Gasteiger partial charge is 0.238 e. The fourth-order valence-corrected chi connectivity index (χ4v) is 1.56. The Hall–Kier alpha value is -1.88. The molecule has 0 aromatic heterocycles. The lowest BCUT2D eigenvalue weighted by molar-refractivity contribution is -0.120. The van der Waals surface area contributed by atoms with Gasteiger partial charge in [-0.15, -0.1) is 0 Å². The molecule has 0 unspecified atom stereocenters. The molecule has 0 atom stereocenters. The molecule has 1 rings (SSSR count). The first-order valence-corrected chi connectivity index (χ1v) is 6.45. The molecule has 0 saturated heterocycles. The summed E-state index contributed by atoms with van der Waals surface area (Å²) in [5, 5.41) is 8.40. The van der Waals surface area contributed by atoms with Gasteiger partial charge in [-0.3, -0.25) is 9.59 Å². The minimum absolute atomic E-state index is 0.0273. The maximum Gasteiger partial charge on any atom is 0.238 e. The number of amides is 2. The predicted molar refractivity (Wildman–Crippen MR) is 76.0 cm³/mol. The van der Waals surface area contributed by atoms with Crippen molar-refractivity contribution < 1.29 is 9.59 Å². The zero-order valence-corrected chi connectivity index (χ0v) is 11.5. The van der Waals surface area contributed by atoms with Gasteiger partial charge >= 0.3 is 0 Å². The summed E-state index contributed by atoms with van der Waals surface area (Å²) in [5.74, 6) is -0.0898. The van der Waals surface area contributed by atoms with Crippen LogP contribution in [0.2, 0.25) is 0 Å². The first-order chi connectivity index (χ1) is 9.15. The molecule has 1 aromatic carbocycles. The van der Waals surface area contributed by atoms with Gasteiger partial charge < -0.3 is 16.0 Å². The topological polar surface area (TPSA) is 70.2 Å². The van der Waals surface area contributed by atoms with Crippen LogP contribution < -0.4 is 16.0 Å². The van der Waals surface area contributed by atoms with Gasteiger partial charge in [0.25, 0.3) is 0 Å². The summed E-state index contributed by atoms with van der Waals surface area (Å²) in [4.78, 5) is 22.8. The Labute approximate surface area is 113 Å². The van der Waals surface area contributed by atoms with Crippen molar-refractivity contribution in [3.63, 3.8) is 0 Å². The van der Waals surface area contributed by atoms with E-state index in [-0.39, 0.29) is 11.8 Å². The third-order valence-corrected chi connectivity index (χ3v) is 2.59. The largest absolute Gasteiger partial charge is 0.359 e. The molecule has 0 fully saturated rings. The molecule has 0 radical (unpaired) electrons. The SMILES string of the molecule is CCCNCC(=O)Nc1ccc(CC(=O)NC)cc1. The standard InChI is InChI=1S/C14H21N3O2/c1-3-8-16-10-14(19)17-12-6-4-11(5-7-12)9-13(18)15-2/h4-7,16H,3,8-10H2,1-2H3,(H,15,18)(H,17,19). The molecule has 3 N–H and O–H groups in total. The van der Waals surface area contributed by atoms with E-state index in [4.69, 9.17) is 0 Å². The number of rotatable bonds is 7. The Morgan fingerprint density at radius 3 is 2.37 bits per heavy atom. The maximum atomic E-state index is 11.6. The van der Waals surface area contributed by atoms with Gasteiger partial charge in [0.05, 0.1) is 13.0 Å². The number of carbonyl (C=O) groups excluding carboxylic acids is 2. The second-order valence-electron chi connectivity index (χ2n) is 4.27. The Balaban J connectivity index is 2.43. The van der Waals surface area contributed by atoms with E-state index in [1.54, 1.807) is 19.2 Å². The Morgan fingerprint density at radius 1 is 1.11 bits per heavy atom. The van der Waals surface area contributed by atoms with E-state index in [0.29, 0.717) is 13.0 Å². The quantitative estimate of drug-likeness (QED) is 0.640. The molecule has 1 aromatic rings. The fourth-order valence-electron chi connectivity index (χ4n) is 1.56. The molecule has 0 aliphatic rings. The molecule has 19 heavy (non-hydrogen) atoms. The lowest BCUT2D eigenvalue weighted by Gasteiger charge is -2.07. The minimum atomic E-state index is -0.0625. The van der Waals surface area contributed by atoms with Crippen molar-refractivity contribution in [3.8, 4) is 0 Å². The summed E-state index contributed by atoms with van der Waals surface area (Å²) >= 11 is 0. The van der Waals surface area contributed by atoms with E-state index in [9.17, 15) is 9.59 Å². The Morgan fingerprint density at radius 2 is 1.79 bits per heavy atom. The molecule has 0 bridgehead atoms. The van der Waals surface area contributed by atoms with Crippen molar-refractivity contribution in [2.45, 2.75) is 19.8 Å². The second kappa shape index (κ2) is 8.26. The fraction of sp³-hybridized carbons (Fsp3) is 0.429. The van der Waals surface area contributed by atoms with Crippen molar-refractivity contribution in [2.24, 2.45) is 0 Å². The van der Waals surface area contributed by atoms with Crippen LogP contribution in [0.5, 0.6) is 0 Å². The van der Waals surface area contributed by atoms with E-state index in [0.717, 1.165) is 24.2 Å². The van der Waals surface area contributed by atoms with Crippen molar-refractivity contribution >= 4 is 17.5 Å². The second-order valence-corrected chi connectivity index (χ2v) is 4.27. The van der Waals surface area contributed by atoms with Crippen LogP contribution in [0.3, 0.4) is 0 Å². The highest BCUT2D eigenvalue weighted by atomic mass is 16.2. The highest BCUT2D eigenvalue weighted by molar-refractivity contribution is 5.92. The van der Waals surface area contributed by atoms with E-state index >= 15 is 0 Å². The van der Waals surface area contributed by atoms with Crippen LogP contribution in [-0.4, -0.2) is 32.0 Å². The molecular weight excluding hydrogens is 242 g/mol. The van der Waals surface area contributed by atoms with Crippen LogP contribution in [0, 0.1) is 0 Å². The summed E-state index contributed by atoms with van der Waals surface area (Å²) in [6.45, 7) is 3.20. The molecule has 0 aliphatic carbocycles. The first-order valence-electron chi connectivity index (χ1n) is 6.45. The van der Waals surface area contributed by atoms with Gasteiger partial charge in [-0.2, -0.15) is 0 Å². The van der Waals surface area contributed by atoms with Gasteiger partial charge in [0, 0.05) is 12.7 Å². The molecule has 0 heterocycles. The number of likely N-dealkylation sites (N-methyl/N-ethyl adjacent to an activating group) is 1. The molecule has 0 saturated carbocycles. The van der Waals surface area contributed by atoms with Crippen LogP contribution in [0.1, 0.15) is 18.9 Å². The van der Waals surface area contributed by atoms with E-state index in [2.05, 4.69) is 22.9 Å². The predicted octanol–water partition coefficient (Wildman–Crippen LogP) is 0.913. The monoisotopic (exact) mass is 263 g/mol. The normalized spacial score (nSPS) is 10.0. The van der Waals surface area contributed by atoms with Crippen LogP contribution in [0.4, 0.5) is 5.69 Å². The summed E-state index contributed by atoms with van der Waals surface area (Å²) in [6, 6.07) is 7.28. The van der Waals surface area contributed by atoms with Gasteiger partial charge in [0.1, 0.15) is 0 Å². The Kier molecular flexibility index (Phi) is 6.60. The zero-order chi connectivity index (χ0) is 14.1. The number of carbonyl (C=O) groups is 2. The number of hydrogen-bond acceptors (Lipinski definition) is 3. The van der Waals surface area contributed by atoms with Crippen LogP contribution >= 0.6 is 0 Å². The maximum absolute atomic E-state index is 11.6. The molecule has 5 nitrogen and oxygen atoms in total. The Bertz CT molecular complexity index is 415. The molecule has 2 amide bonds. The van der Waals surface area contributed by atoms with Gasteiger partial charge in [-0.05, 0) is 30.7 Å². The molecule has 0 aliphatic heterocycles. The average Bonchev–Trinajstić information content (AvgIpc) is 2.41.